The predicted molar refractivity (Wildman–Crippen MR) is 77.4 cm³/mol. The smallest absolute Gasteiger partial charge is 0.153 e. The van der Waals surface area contributed by atoms with Crippen LogP contribution in [-0.2, 0) is 13.0 Å². The van der Waals surface area contributed by atoms with Gasteiger partial charge in [0, 0.05) is 30.8 Å². The second-order valence-corrected chi connectivity index (χ2v) is 5.05. The molecule has 0 bridgehead atoms. The fraction of sp³-hybridized carbons (Fsp3) is 0.200. The number of hydrogen-bond acceptors (Lipinski definition) is 2. The molecule has 0 spiro atoms. The van der Waals surface area contributed by atoms with E-state index in [1.54, 1.807) is 17.0 Å². The third kappa shape index (κ3) is 2.74. The Morgan fingerprint density at radius 1 is 1.24 bits per heavy atom. The van der Waals surface area contributed by atoms with Crippen LogP contribution in [0.1, 0.15) is 11.4 Å². The Hall–Kier alpha value is -2.01. The molecule has 0 saturated heterocycles. The fourth-order valence-corrected chi connectivity index (χ4v) is 2.49. The van der Waals surface area contributed by atoms with Crippen LogP contribution in [0.5, 0.6) is 0 Å². The van der Waals surface area contributed by atoms with Gasteiger partial charge in [-0.2, -0.15) is 0 Å². The quantitative estimate of drug-likeness (QED) is 0.690. The second kappa shape index (κ2) is 5.77. The first-order valence-corrected chi connectivity index (χ1v) is 7.01. The van der Waals surface area contributed by atoms with E-state index in [2.05, 4.69) is 9.97 Å². The summed E-state index contributed by atoms with van der Waals surface area (Å²) >= 11 is 5.78. The lowest BCUT2D eigenvalue weighted by molar-refractivity contribution is 0.590. The number of imidazole rings is 1. The van der Waals surface area contributed by atoms with E-state index >= 15 is 0 Å². The molecule has 0 aliphatic rings. The van der Waals surface area contributed by atoms with Crippen molar-refractivity contribution in [3.8, 4) is 0 Å². The average molecular weight is 308 g/mol. The second-order valence-electron chi connectivity index (χ2n) is 4.67. The molecule has 0 atom stereocenters. The van der Waals surface area contributed by atoms with Crippen molar-refractivity contribution in [3.05, 3.63) is 59.7 Å². The van der Waals surface area contributed by atoms with E-state index in [4.69, 9.17) is 11.6 Å². The third-order valence-electron chi connectivity index (χ3n) is 3.23. The van der Waals surface area contributed by atoms with Crippen LogP contribution in [0.15, 0.2) is 36.7 Å². The molecule has 1 aromatic carbocycles. The van der Waals surface area contributed by atoms with Gasteiger partial charge in [-0.05, 0) is 17.7 Å². The summed E-state index contributed by atoms with van der Waals surface area (Å²) in [6, 6.07) is 5.85. The highest BCUT2D eigenvalue weighted by Gasteiger charge is 2.15. The molecule has 0 aliphatic carbocycles. The van der Waals surface area contributed by atoms with Gasteiger partial charge in [-0.1, -0.05) is 6.07 Å². The van der Waals surface area contributed by atoms with Crippen molar-refractivity contribution in [2.75, 3.05) is 5.88 Å². The number of hydrogen-bond donors (Lipinski definition) is 0. The number of alkyl halides is 1. The Morgan fingerprint density at radius 3 is 2.81 bits per heavy atom. The summed E-state index contributed by atoms with van der Waals surface area (Å²) < 4.78 is 29.1. The number of aromatic nitrogens is 3. The van der Waals surface area contributed by atoms with Gasteiger partial charge in [-0.15, -0.1) is 11.6 Å². The number of halogens is 3. The highest BCUT2D eigenvalue weighted by Crippen LogP contribution is 2.22. The first-order valence-electron chi connectivity index (χ1n) is 6.48. The number of rotatable bonds is 4. The fourth-order valence-electron chi connectivity index (χ4n) is 2.32. The molecule has 0 N–H and O–H groups in total. The molecule has 0 fully saturated rings. The Labute approximate surface area is 125 Å². The lowest BCUT2D eigenvalue weighted by atomic mass is 10.2. The topological polar surface area (TPSA) is 30.7 Å². The lowest BCUT2D eigenvalue weighted by Gasteiger charge is -2.08. The normalized spacial score (nSPS) is 11.2. The van der Waals surface area contributed by atoms with Gasteiger partial charge < -0.3 is 4.57 Å². The molecule has 108 valence electrons. The van der Waals surface area contributed by atoms with Crippen molar-refractivity contribution < 1.29 is 8.78 Å². The van der Waals surface area contributed by atoms with E-state index in [0.717, 1.165) is 11.6 Å². The van der Waals surface area contributed by atoms with Crippen molar-refractivity contribution in [1.29, 1.82) is 0 Å². The van der Waals surface area contributed by atoms with Gasteiger partial charge >= 0.3 is 0 Å². The zero-order valence-corrected chi connectivity index (χ0v) is 11.8. The minimum atomic E-state index is -0.661. The summed E-state index contributed by atoms with van der Waals surface area (Å²) in [4.78, 5) is 8.30. The zero-order valence-electron chi connectivity index (χ0n) is 11.1. The first-order chi connectivity index (χ1) is 10.2. The standard InChI is InChI=1S/C15H12ClF2N3/c16-4-3-14-20-15-12(18)6-11(17)7-13(15)21(14)9-10-2-1-5-19-8-10/h1-2,5-8H,3-4,9H2. The van der Waals surface area contributed by atoms with Gasteiger partial charge in [-0.25, -0.2) is 13.8 Å². The largest absolute Gasteiger partial charge is 0.323 e. The summed E-state index contributed by atoms with van der Waals surface area (Å²) in [6.45, 7) is 0.444. The maximum absolute atomic E-state index is 13.9. The molecule has 3 aromatic rings. The van der Waals surface area contributed by atoms with E-state index in [9.17, 15) is 8.78 Å². The molecular formula is C15H12ClF2N3. The van der Waals surface area contributed by atoms with E-state index in [1.165, 1.54) is 6.07 Å². The van der Waals surface area contributed by atoms with Crippen LogP contribution in [0.2, 0.25) is 0 Å². The van der Waals surface area contributed by atoms with Crippen LogP contribution in [0, 0.1) is 11.6 Å². The van der Waals surface area contributed by atoms with E-state index in [0.29, 0.717) is 30.2 Å². The molecule has 0 amide bonds. The van der Waals surface area contributed by atoms with Crippen LogP contribution in [0.3, 0.4) is 0 Å². The number of fused-ring (bicyclic) bond motifs is 1. The van der Waals surface area contributed by atoms with Crippen LogP contribution >= 0.6 is 11.6 Å². The summed E-state index contributed by atoms with van der Waals surface area (Å²) in [5.41, 5.74) is 1.52. The van der Waals surface area contributed by atoms with Gasteiger partial charge in [-0.3, -0.25) is 4.98 Å². The highest BCUT2D eigenvalue weighted by atomic mass is 35.5. The minimum absolute atomic E-state index is 0.167. The van der Waals surface area contributed by atoms with Crippen molar-refractivity contribution in [1.82, 2.24) is 14.5 Å². The number of nitrogens with zero attached hydrogens (tertiary/aromatic N) is 3. The maximum atomic E-state index is 13.9. The Balaban J connectivity index is 2.16. The lowest BCUT2D eigenvalue weighted by Crippen LogP contribution is -2.06. The van der Waals surface area contributed by atoms with Crippen molar-refractivity contribution in [2.45, 2.75) is 13.0 Å². The monoisotopic (exact) mass is 307 g/mol. The number of aryl methyl sites for hydroxylation is 1. The molecule has 2 heterocycles. The van der Waals surface area contributed by atoms with E-state index < -0.39 is 11.6 Å². The maximum Gasteiger partial charge on any atom is 0.153 e. The summed E-state index contributed by atoms with van der Waals surface area (Å²) in [6.07, 6.45) is 3.87. The average Bonchev–Trinajstić information content (AvgIpc) is 2.79. The van der Waals surface area contributed by atoms with Crippen LogP contribution in [0.25, 0.3) is 11.0 Å². The Morgan fingerprint density at radius 2 is 2.10 bits per heavy atom. The summed E-state index contributed by atoms with van der Waals surface area (Å²) in [7, 11) is 0. The molecule has 0 radical (unpaired) electrons. The summed E-state index contributed by atoms with van der Waals surface area (Å²) in [5, 5.41) is 0. The van der Waals surface area contributed by atoms with Crippen molar-refractivity contribution >= 4 is 22.6 Å². The number of benzene rings is 1. The molecule has 0 aliphatic heterocycles. The van der Waals surface area contributed by atoms with Crippen molar-refractivity contribution in [2.24, 2.45) is 0 Å². The third-order valence-corrected chi connectivity index (χ3v) is 3.42. The molecular weight excluding hydrogens is 296 g/mol. The zero-order chi connectivity index (χ0) is 14.8. The predicted octanol–water partition coefficient (Wildman–Crippen LogP) is 3.54. The van der Waals surface area contributed by atoms with Crippen LogP contribution in [0.4, 0.5) is 8.78 Å². The Bertz CT molecular complexity index is 771. The van der Waals surface area contributed by atoms with E-state index in [-0.39, 0.29) is 5.52 Å². The minimum Gasteiger partial charge on any atom is -0.323 e. The molecule has 21 heavy (non-hydrogen) atoms. The van der Waals surface area contributed by atoms with Gasteiger partial charge in [0.15, 0.2) is 5.82 Å². The highest BCUT2D eigenvalue weighted by molar-refractivity contribution is 6.17. The molecule has 2 aromatic heterocycles. The molecule has 3 rings (SSSR count). The molecule has 0 unspecified atom stereocenters. The van der Waals surface area contributed by atoms with Gasteiger partial charge in [0.1, 0.15) is 17.2 Å². The van der Waals surface area contributed by atoms with Gasteiger partial charge in [0.25, 0.3) is 0 Å². The van der Waals surface area contributed by atoms with Crippen LogP contribution in [-0.4, -0.2) is 20.4 Å². The first kappa shape index (κ1) is 13.9. The Kier molecular flexibility index (Phi) is 3.84. The SMILES string of the molecule is Fc1cc(F)c2nc(CCCl)n(Cc3cccnc3)c2c1. The van der Waals surface area contributed by atoms with Crippen molar-refractivity contribution in [3.63, 3.8) is 0 Å². The molecule has 0 saturated carbocycles. The molecule has 6 heteroatoms. The molecule has 3 nitrogen and oxygen atoms in total. The van der Waals surface area contributed by atoms with Gasteiger partial charge in [0.2, 0.25) is 0 Å². The van der Waals surface area contributed by atoms with E-state index in [1.807, 2.05) is 12.1 Å². The number of pyridine rings is 1. The van der Waals surface area contributed by atoms with Gasteiger partial charge in [0.05, 0.1) is 12.1 Å². The summed E-state index contributed by atoms with van der Waals surface area (Å²) in [5.74, 6) is -0.288. The van der Waals surface area contributed by atoms with Crippen LogP contribution < -0.4 is 0 Å².